The minimum atomic E-state index is -0.786. The molecule has 1 heterocycles. The molecule has 0 radical (unpaired) electrons. The van der Waals surface area contributed by atoms with E-state index in [1.165, 1.54) is 0 Å². The second-order valence-electron chi connectivity index (χ2n) is 6.09. The summed E-state index contributed by atoms with van der Waals surface area (Å²) in [5.74, 6) is -1.25. The van der Waals surface area contributed by atoms with E-state index in [9.17, 15) is 14.4 Å². The molecule has 21 heavy (non-hydrogen) atoms. The highest BCUT2D eigenvalue weighted by atomic mass is 16.4. The molecule has 0 aromatic rings. The number of hydrogen-bond donors (Lipinski definition) is 2. The van der Waals surface area contributed by atoms with E-state index < -0.39 is 5.97 Å². The molecule has 0 unspecified atom stereocenters. The first-order chi connectivity index (χ1) is 10.1. The maximum absolute atomic E-state index is 12.0. The Morgan fingerprint density at radius 3 is 2.67 bits per heavy atom. The van der Waals surface area contributed by atoms with Crippen molar-refractivity contribution in [2.75, 3.05) is 13.1 Å². The van der Waals surface area contributed by atoms with Crippen LogP contribution >= 0.6 is 0 Å². The van der Waals surface area contributed by atoms with Crippen LogP contribution in [0.1, 0.15) is 51.4 Å². The predicted molar refractivity (Wildman–Crippen MR) is 76.6 cm³/mol. The fourth-order valence-corrected chi connectivity index (χ4v) is 3.17. The van der Waals surface area contributed by atoms with Gasteiger partial charge in [0.1, 0.15) is 0 Å². The van der Waals surface area contributed by atoms with Gasteiger partial charge < -0.3 is 15.3 Å². The average Bonchev–Trinajstić information content (AvgIpc) is 2.87. The molecular formula is C15H24N2O4. The van der Waals surface area contributed by atoms with Crippen LogP contribution in [0, 0.1) is 5.92 Å². The third-order valence-electron chi connectivity index (χ3n) is 4.40. The van der Waals surface area contributed by atoms with Crippen LogP contribution in [-0.2, 0) is 14.4 Å². The number of carbonyl (C=O) groups is 3. The molecule has 2 amide bonds. The third kappa shape index (κ3) is 4.72. The Labute approximate surface area is 124 Å². The number of carbonyl (C=O) groups excluding carboxylic acids is 2. The Morgan fingerprint density at radius 2 is 1.95 bits per heavy atom. The fourth-order valence-electron chi connectivity index (χ4n) is 3.17. The SMILES string of the molecule is O=C(CN1CCCCCCC1=O)N[C@@H]1CC[C@H](C(=O)O)C1. The highest BCUT2D eigenvalue weighted by Crippen LogP contribution is 2.25. The van der Waals surface area contributed by atoms with Gasteiger partial charge in [-0.25, -0.2) is 0 Å². The minimum Gasteiger partial charge on any atom is -0.481 e. The zero-order valence-electron chi connectivity index (χ0n) is 12.3. The summed E-state index contributed by atoms with van der Waals surface area (Å²) in [6.45, 7) is 0.752. The van der Waals surface area contributed by atoms with Crippen LogP contribution in [0.4, 0.5) is 0 Å². The molecule has 2 rings (SSSR count). The molecule has 1 aliphatic carbocycles. The molecule has 6 heteroatoms. The largest absolute Gasteiger partial charge is 0.481 e. The van der Waals surface area contributed by atoms with E-state index in [4.69, 9.17) is 5.11 Å². The van der Waals surface area contributed by atoms with Gasteiger partial charge in [0, 0.05) is 19.0 Å². The number of rotatable bonds is 4. The summed E-state index contributed by atoms with van der Waals surface area (Å²) in [5, 5.41) is 11.8. The second kappa shape index (κ2) is 7.43. The van der Waals surface area contributed by atoms with Gasteiger partial charge >= 0.3 is 5.97 Å². The van der Waals surface area contributed by atoms with Gasteiger partial charge in [-0.15, -0.1) is 0 Å². The third-order valence-corrected chi connectivity index (χ3v) is 4.40. The molecule has 2 fully saturated rings. The lowest BCUT2D eigenvalue weighted by atomic mass is 10.1. The molecule has 0 bridgehead atoms. The Hall–Kier alpha value is -1.59. The Morgan fingerprint density at radius 1 is 1.19 bits per heavy atom. The molecule has 1 aliphatic heterocycles. The topological polar surface area (TPSA) is 86.7 Å². The number of amides is 2. The monoisotopic (exact) mass is 296 g/mol. The van der Waals surface area contributed by atoms with Gasteiger partial charge in [0.25, 0.3) is 0 Å². The van der Waals surface area contributed by atoms with Crippen LogP contribution in [0.3, 0.4) is 0 Å². The summed E-state index contributed by atoms with van der Waals surface area (Å²) >= 11 is 0. The molecule has 1 saturated heterocycles. The maximum atomic E-state index is 12.0. The summed E-state index contributed by atoms with van der Waals surface area (Å²) in [6.07, 6.45) is 6.38. The number of carboxylic acids is 1. The van der Waals surface area contributed by atoms with Gasteiger partial charge in [-0.3, -0.25) is 14.4 Å². The molecule has 118 valence electrons. The van der Waals surface area contributed by atoms with E-state index >= 15 is 0 Å². The molecule has 2 N–H and O–H groups in total. The molecule has 2 aliphatic rings. The summed E-state index contributed by atoms with van der Waals surface area (Å²) < 4.78 is 0. The fraction of sp³-hybridized carbons (Fsp3) is 0.800. The second-order valence-corrected chi connectivity index (χ2v) is 6.09. The first-order valence-corrected chi connectivity index (χ1v) is 7.86. The summed E-state index contributed by atoms with van der Waals surface area (Å²) in [6, 6.07) is -0.0662. The molecule has 2 atom stereocenters. The van der Waals surface area contributed by atoms with Crippen molar-refractivity contribution >= 4 is 17.8 Å². The van der Waals surface area contributed by atoms with Crippen molar-refractivity contribution in [1.82, 2.24) is 10.2 Å². The molecule has 0 aromatic heterocycles. The zero-order valence-corrected chi connectivity index (χ0v) is 12.3. The Bertz CT molecular complexity index is 410. The molecule has 6 nitrogen and oxygen atoms in total. The van der Waals surface area contributed by atoms with Crippen molar-refractivity contribution in [3.05, 3.63) is 0 Å². The Kier molecular flexibility index (Phi) is 5.59. The van der Waals surface area contributed by atoms with Crippen molar-refractivity contribution in [1.29, 1.82) is 0 Å². The molecule has 0 spiro atoms. The van der Waals surface area contributed by atoms with E-state index in [1.807, 2.05) is 0 Å². The summed E-state index contributed by atoms with van der Waals surface area (Å²) in [5.41, 5.74) is 0. The van der Waals surface area contributed by atoms with Crippen LogP contribution in [0.5, 0.6) is 0 Å². The molecule has 1 saturated carbocycles. The number of hydrogen-bond acceptors (Lipinski definition) is 3. The molecule has 0 aromatic carbocycles. The smallest absolute Gasteiger partial charge is 0.306 e. The van der Waals surface area contributed by atoms with Gasteiger partial charge in [0.15, 0.2) is 0 Å². The number of carboxylic acid groups (broad SMARTS) is 1. The van der Waals surface area contributed by atoms with Gasteiger partial charge in [-0.2, -0.15) is 0 Å². The van der Waals surface area contributed by atoms with Crippen molar-refractivity contribution in [3.8, 4) is 0 Å². The van der Waals surface area contributed by atoms with Gasteiger partial charge in [0.05, 0.1) is 12.5 Å². The molecular weight excluding hydrogens is 272 g/mol. The lowest BCUT2D eigenvalue weighted by Gasteiger charge is -2.25. The van der Waals surface area contributed by atoms with Crippen LogP contribution in [0.25, 0.3) is 0 Å². The van der Waals surface area contributed by atoms with Crippen molar-refractivity contribution in [2.45, 2.75) is 57.4 Å². The predicted octanol–water partition coefficient (Wildman–Crippen LogP) is 1.15. The number of aliphatic carboxylic acids is 1. The van der Waals surface area contributed by atoms with Crippen molar-refractivity contribution in [2.24, 2.45) is 5.92 Å². The lowest BCUT2D eigenvalue weighted by molar-refractivity contribution is -0.141. The summed E-state index contributed by atoms with van der Waals surface area (Å²) in [7, 11) is 0. The van der Waals surface area contributed by atoms with Crippen LogP contribution in [0.2, 0.25) is 0 Å². The van der Waals surface area contributed by atoms with E-state index in [2.05, 4.69) is 5.32 Å². The number of likely N-dealkylation sites (tertiary alicyclic amines) is 1. The van der Waals surface area contributed by atoms with Crippen LogP contribution < -0.4 is 5.32 Å². The van der Waals surface area contributed by atoms with E-state index in [0.29, 0.717) is 32.2 Å². The minimum absolute atomic E-state index is 0.0553. The highest BCUT2D eigenvalue weighted by Gasteiger charge is 2.31. The van der Waals surface area contributed by atoms with Crippen molar-refractivity contribution < 1.29 is 19.5 Å². The number of nitrogens with zero attached hydrogens (tertiary/aromatic N) is 1. The van der Waals surface area contributed by atoms with Gasteiger partial charge in [0.2, 0.25) is 11.8 Å². The van der Waals surface area contributed by atoms with Crippen LogP contribution in [-0.4, -0.2) is 46.9 Å². The van der Waals surface area contributed by atoms with Crippen molar-refractivity contribution in [3.63, 3.8) is 0 Å². The van der Waals surface area contributed by atoms with E-state index in [-0.39, 0.29) is 30.3 Å². The maximum Gasteiger partial charge on any atom is 0.306 e. The quantitative estimate of drug-likeness (QED) is 0.814. The van der Waals surface area contributed by atoms with Gasteiger partial charge in [-0.05, 0) is 32.1 Å². The van der Waals surface area contributed by atoms with E-state index in [0.717, 1.165) is 25.7 Å². The highest BCUT2D eigenvalue weighted by molar-refractivity contribution is 5.85. The lowest BCUT2D eigenvalue weighted by Crippen LogP contribution is -2.44. The van der Waals surface area contributed by atoms with E-state index in [1.54, 1.807) is 4.90 Å². The standard InChI is InChI=1S/C15H24N2O4/c18-13(16-12-7-6-11(9-12)15(20)21)10-17-8-4-2-1-3-5-14(17)19/h11-12H,1-10H2,(H,16,18)(H,20,21)/t11-,12+/m0/s1. The van der Waals surface area contributed by atoms with Crippen LogP contribution in [0.15, 0.2) is 0 Å². The average molecular weight is 296 g/mol. The number of nitrogens with one attached hydrogen (secondary N) is 1. The first kappa shape index (κ1) is 15.8. The summed E-state index contributed by atoms with van der Waals surface area (Å²) in [4.78, 5) is 36.5. The Balaban J connectivity index is 1.78. The zero-order chi connectivity index (χ0) is 15.2. The van der Waals surface area contributed by atoms with Gasteiger partial charge in [-0.1, -0.05) is 12.8 Å². The first-order valence-electron chi connectivity index (χ1n) is 7.86. The normalized spacial score (nSPS) is 27.0.